The first-order valence-corrected chi connectivity index (χ1v) is 10.2. The van der Waals surface area contributed by atoms with Crippen LogP contribution >= 0.6 is 23.1 Å². The van der Waals surface area contributed by atoms with E-state index >= 15 is 0 Å². The number of carbonyl (C=O) groups excluding carboxylic acids is 2. The number of hydrazine groups is 1. The molecule has 0 aliphatic rings. The maximum absolute atomic E-state index is 12.1. The molecular weight excluding hydrogens is 396 g/mol. The molecule has 0 aliphatic heterocycles. The van der Waals surface area contributed by atoms with Gasteiger partial charge in [-0.2, -0.15) is 0 Å². The fourth-order valence-electron chi connectivity index (χ4n) is 2.68. The summed E-state index contributed by atoms with van der Waals surface area (Å²) in [6.45, 7) is 4.10. The molecule has 0 unspecified atom stereocenters. The van der Waals surface area contributed by atoms with Crippen LogP contribution in [0.15, 0.2) is 41.8 Å². The van der Waals surface area contributed by atoms with Gasteiger partial charge in [-0.3, -0.25) is 24.8 Å². The van der Waals surface area contributed by atoms with Gasteiger partial charge in [-0.05, 0) is 31.5 Å². The molecule has 4 rings (SSSR count). The van der Waals surface area contributed by atoms with Crippen molar-refractivity contribution in [1.29, 1.82) is 0 Å². The zero-order valence-electron chi connectivity index (χ0n) is 15.1. The summed E-state index contributed by atoms with van der Waals surface area (Å²) in [7, 11) is 0. The number of thioether (sulfide) groups is 1. The molecule has 8 nitrogen and oxygen atoms in total. The Labute approximate surface area is 168 Å². The number of thiophene rings is 1. The first-order chi connectivity index (χ1) is 13.5. The number of hydrogen-bond donors (Lipinski definition) is 2. The molecule has 3 heterocycles. The second-order valence-electron chi connectivity index (χ2n) is 6.04. The molecule has 0 saturated carbocycles. The van der Waals surface area contributed by atoms with Crippen LogP contribution in [0.1, 0.15) is 20.8 Å². The van der Waals surface area contributed by atoms with E-state index in [9.17, 15) is 9.59 Å². The molecule has 0 bridgehead atoms. The van der Waals surface area contributed by atoms with E-state index in [0.717, 1.165) is 21.4 Å². The van der Waals surface area contributed by atoms with E-state index in [-0.39, 0.29) is 17.6 Å². The molecule has 1 aromatic carbocycles. The van der Waals surface area contributed by atoms with Gasteiger partial charge in [0, 0.05) is 10.4 Å². The van der Waals surface area contributed by atoms with Gasteiger partial charge in [0.1, 0.15) is 11.2 Å². The third-order valence-corrected chi connectivity index (χ3v) is 6.29. The maximum Gasteiger partial charge on any atom is 0.269 e. The van der Waals surface area contributed by atoms with E-state index < -0.39 is 0 Å². The molecule has 2 N–H and O–H groups in total. The zero-order chi connectivity index (χ0) is 19.7. The summed E-state index contributed by atoms with van der Waals surface area (Å²) in [4.78, 5) is 30.6. The molecule has 0 radical (unpaired) electrons. The number of carbonyl (C=O) groups is 2. The SMILES string of the molecule is Cc1sc2ncn3c(SCC(=O)NNC(=O)c4ccccc4)nnc3c2c1C. The van der Waals surface area contributed by atoms with Crippen molar-refractivity contribution in [3.8, 4) is 0 Å². The Morgan fingerprint density at radius 3 is 2.71 bits per heavy atom. The highest BCUT2D eigenvalue weighted by Crippen LogP contribution is 2.31. The molecule has 28 heavy (non-hydrogen) atoms. The summed E-state index contributed by atoms with van der Waals surface area (Å²) in [5, 5.41) is 10.0. The average Bonchev–Trinajstić information content (AvgIpc) is 3.25. The highest BCUT2D eigenvalue weighted by atomic mass is 32.2. The van der Waals surface area contributed by atoms with Gasteiger partial charge in [0.15, 0.2) is 10.8 Å². The third-order valence-electron chi connectivity index (χ3n) is 4.23. The summed E-state index contributed by atoms with van der Waals surface area (Å²) < 4.78 is 1.78. The number of amides is 2. The summed E-state index contributed by atoms with van der Waals surface area (Å²) in [6.07, 6.45) is 1.67. The van der Waals surface area contributed by atoms with E-state index in [4.69, 9.17) is 0 Å². The van der Waals surface area contributed by atoms with E-state index in [0.29, 0.717) is 10.7 Å². The second kappa shape index (κ2) is 7.56. The topological polar surface area (TPSA) is 101 Å². The number of aryl methyl sites for hydroxylation is 2. The molecule has 2 amide bonds. The van der Waals surface area contributed by atoms with Gasteiger partial charge in [0.25, 0.3) is 5.91 Å². The van der Waals surface area contributed by atoms with Crippen LogP contribution in [0.3, 0.4) is 0 Å². The highest BCUT2D eigenvalue weighted by Gasteiger charge is 2.16. The predicted octanol–water partition coefficient (Wildman–Crippen LogP) is 2.51. The van der Waals surface area contributed by atoms with Crippen LogP contribution in [0.25, 0.3) is 15.9 Å². The van der Waals surface area contributed by atoms with Crippen molar-refractivity contribution in [2.45, 2.75) is 19.0 Å². The molecular formula is C18H16N6O2S2. The van der Waals surface area contributed by atoms with E-state index in [1.807, 2.05) is 13.0 Å². The lowest BCUT2D eigenvalue weighted by Gasteiger charge is -2.06. The number of benzene rings is 1. The number of nitrogens with one attached hydrogen (secondary N) is 2. The number of rotatable bonds is 4. The lowest BCUT2D eigenvalue weighted by atomic mass is 10.2. The summed E-state index contributed by atoms with van der Waals surface area (Å²) in [6, 6.07) is 8.66. The molecule has 3 aromatic heterocycles. The smallest absolute Gasteiger partial charge is 0.269 e. The van der Waals surface area contributed by atoms with Crippen molar-refractivity contribution in [1.82, 2.24) is 30.4 Å². The van der Waals surface area contributed by atoms with Crippen LogP contribution in [-0.2, 0) is 4.79 Å². The average molecular weight is 413 g/mol. The zero-order valence-corrected chi connectivity index (χ0v) is 16.7. The molecule has 0 saturated heterocycles. The largest absolute Gasteiger partial charge is 0.272 e. The van der Waals surface area contributed by atoms with Crippen molar-refractivity contribution < 1.29 is 9.59 Å². The summed E-state index contributed by atoms with van der Waals surface area (Å²) >= 11 is 2.85. The number of nitrogens with zero attached hydrogens (tertiary/aromatic N) is 4. The van der Waals surface area contributed by atoms with Crippen molar-refractivity contribution in [3.05, 3.63) is 52.7 Å². The minimum absolute atomic E-state index is 0.0789. The molecule has 0 atom stereocenters. The van der Waals surface area contributed by atoms with E-state index in [2.05, 4.69) is 33.0 Å². The first-order valence-electron chi connectivity index (χ1n) is 8.41. The Bertz CT molecular complexity index is 1190. The van der Waals surface area contributed by atoms with Gasteiger partial charge in [-0.15, -0.1) is 21.5 Å². The normalized spacial score (nSPS) is 11.1. The monoisotopic (exact) mass is 412 g/mol. The van der Waals surface area contributed by atoms with Crippen LogP contribution in [0.4, 0.5) is 0 Å². The van der Waals surface area contributed by atoms with Crippen molar-refractivity contribution >= 4 is 50.8 Å². The quantitative estimate of drug-likeness (QED) is 0.395. The third kappa shape index (κ3) is 3.43. The summed E-state index contributed by atoms with van der Waals surface area (Å²) in [5.74, 6) is -0.639. The predicted molar refractivity (Wildman–Crippen MR) is 108 cm³/mol. The van der Waals surface area contributed by atoms with Crippen LogP contribution in [0.5, 0.6) is 0 Å². The van der Waals surface area contributed by atoms with Crippen LogP contribution in [0.2, 0.25) is 0 Å². The van der Waals surface area contributed by atoms with E-state index in [1.54, 1.807) is 46.3 Å². The lowest BCUT2D eigenvalue weighted by molar-refractivity contribution is -0.119. The van der Waals surface area contributed by atoms with Crippen LogP contribution in [0, 0.1) is 13.8 Å². The number of fused-ring (bicyclic) bond motifs is 3. The van der Waals surface area contributed by atoms with Gasteiger partial charge in [-0.1, -0.05) is 30.0 Å². The van der Waals surface area contributed by atoms with E-state index in [1.165, 1.54) is 16.6 Å². The van der Waals surface area contributed by atoms with Gasteiger partial charge >= 0.3 is 0 Å². The fourth-order valence-corrected chi connectivity index (χ4v) is 4.37. The minimum atomic E-state index is -0.373. The molecule has 0 aliphatic carbocycles. The first kappa shape index (κ1) is 18.4. The molecule has 4 aromatic rings. The standard InChI is InChI=1S/C18H16N6O2S2/c1-10-11(2)28-17-14(10)15-21-23-18(24(15)9-19-17)27-8-13(25)20-22-16(26)12-6-4-3-5-7-12/h3-7,9H,8H2,1-2H3,(H,20,25)(H,22,26). The Hall–Kier alpha value is -2.98. The van der Waals surface area contributed by atoms with Crippen molar-refractivity contribution in [3.63, 3.8) is 0 Å². The molecule has 0 spiro atoms. The van der Waals surface area contributed by atoms with Gasteiger partial charge in [-0.25, -0.2) is 4.98 Å². The van der Waals surface area contributed by atoms with Crippen LogP contribution < -0.4 is 10.9 Å². The van der Waals surface area contributed by atoms with Gasteiger partial charge < -0.3 is 0 Å². The second-order valence-corrected chi connectivity index (χ2v) is 8.19. The molecule has 10 heteroatoms. The van der Waals surface area contributed by atoms with Crippen molar-refractivity contribution in [2.24, 2.45) is 0 Å². The van der Waals surface area contributed by atoms with Gasteiger partial charge in [0.05, 0.1) is 11.1 Å². The Balaban J connectivity index is 1.42. The molecule has 142 valence electrons. The van der Waals surface area contributed by atoms with Crippen molar-refractivity contribution in [2.75, 3.05) is 5.75 Å². The Morgan fingerprint density at radius 1 is 1.14 bits per heavy atom. The van der Waals surface area contributed by atoms with Crippen LogP contribution in [-0.4, -0.2) is 37.1 Å². The minimum Gasteiger partial charge on any atom is -0.272 e. The Kier molecular flexibility index (Phi) is 4.97. The highest BCUT2D eigenvalue weighted by molar-refractivity contribution is 7.99. The number of hydrogen-bond acceptors (Lipinski definition) is 7. The lowest BCUT2D eigenvalue weighted by Crippen LogP contribution is -2.42. The maximum atomic E-state index is 12.1. The van der Waals surface area contributed by atoms with Gasteiger partial charge in [0.2, 0.25) is 5.91 Å². The summed E-state index contributed by atoms with van der Waals surface area (Å²) in [5.41, 5.74) is 7.14. The fraction of sp³-hybridized carbons (Fsp3) is 0.167. The Morgan fingerprint density at radius 2 is 1.93 bits per heavy atom. The number of aromatic nitrogens is 4. The molecule has 0 fully saturated rings.